The van der Waals surface area contributed by atoms with Crippen LogP contribution in [0.15, 0.2) is 84.0 Å². The van der Waals surface area contributed by atoms with Crippen molar-refractivity contribution in [2.24, 2.45) is 0 Å². The molecule has 0 saturated carbocycles. The van der Waals surface area contributed by atoms with E-state index in [-0.39, 0.29) is 17.7 Å². The van der Waals surface area contributed by atoms with Crippen LogP contribution >= 0.6 is 0 Å². The topological polar surface area (TPSA) is 138 Å². The molecule has 0 radical (unpaired) electrons. The number of aromatic nitrogens is 4. The van der Waals surface area contributed by atoms with Gasteiger partial charge in [0.1, 0.15) is 17.5 Å². The van der Waals surface area contributed by atoms with Gasteiger partial charge in [0.15, 0.2) is 5.69 Å². The molecule has 3 aromatic carbocycles. The molecule has 1 unspecified atom stereocenters. The van der Waals surface area contributed by atoms with Crippen molar-refractivity contribution in [2.75, 3.05) is 36.7 Å². The van der Waals surface area contributed by atoms with Crippen molar-refractivity contribution in [2.45, 2.75) is 75.6 Å². The van der Waals surface area contributed by atoms with Crippen molar-refractivity contribution in [3.05, 3.63) is 129 Å². The van der Waals surface area contributed by atoms with Crippen LogP contribution in [-0.4, -0.2) is 65.9 Å². The van der Waals surface area contributed by atoms with Gasteiger partial charge in [0.25, 0.3) is 5.91 Å². The van der Waals surface area contributed by atoms with Gasteiger partial charge in [0.05, 0.1) is 35.8 Å². The summed E-state index contributed by atoms with van der Waals surface area (Å²) >= 11 is 0. The molecule has 13 heteroatoms. The molecule has 0 fully saturated rings. The van der Waals surface area contributed by atoms with Crippen molar-refractivity contribution < 1.29 is 17.9 Å². The summed E-state index contributed by atoms with van der Waals surface area (Å²) in [6.45, 7) is 2.96. The fourth-order valence-corrected chi connectivity index (χ4v) is 8.84. The number of nitrogens with zero attached hydrogens (tertiary/aromatic N) is 8. The number of sulfone groups is 1. The van der Waals surface area contributed by atoms with Crippen molar-refractivity contribution in [3.8, 4) is 6.07 Å². The Morgan fingerprint density at radius 1 is 0.964 bits per heavy atom. The van der Waals surface area contributed by atoms with E-state index >= 15 is 0 Å². The minimum absolute atomic E-state index is 0.154. The fourth-order valence-electron chi connectivity index (χ4n) is 8.31. The second kappa shape index (κ2) is 14.6. The maximum Gasteiger partial charge on any atom is 0.273 e. The third kappa shape index (κ3) is 7.08. The highest BCUT2D eigenvalue weighted by Gasteiger charge is 2.45. The standard InChI is InChI=1S/C42H44N8O4S/c1-47(2)40(51)35-22-32-27-48(20-11-21-50(32)46-35)39-34-28-54-42(23-36(34)44-41(45-39)55(3,52)53)19-10-16-31-17-18-37(33(24-43)38(31)42)49(25-29-12-6-4-7-13-29)26-30-14-8-5-9-15-30/h4-9,12-15,17-18,22H,10-11,16,19-21,23,25-28H2,1-3H3. The average Bonchev–Trinajstić information content (AvgIpc) is 3.47. The van der Waals surface area contributed by atoms with Gasteiger partial charge >= 0.3 is 0 Å². The number of nitriles is 1. The van der Waals surface area contributed by atoms with Crippen molar-refractivity contribution in [3.63, 3.8) is 0 Å². The third-order valence-electron chi connectivity index (χ3n) is 10.9. The van der Waals surface area contributed by atoms with Crippen LogP contribution < -0.4 is 9.80 Å². The van der Waals surface area contributed by atoms with Crippen LogP contribution in [0.5, 0.6) is 0 Å². The highest BCUT2D eigenvalue weighted by atomic mass is 32.2. The highest BCUT2D eigenvalue weighted by molar-refractivity contribution is 7.90. The quantitative estimate of drug-likeness (QED) is 0.185. The van der Waals surface area contributed by atoms with Crippen LogP contribution in [0.25, 0.3) is 0 Å². The van der Waals surface area contributed by atoms with Gasteiger partial charge in [-0.2, -0.15) is 10.4 Å². The Labute approximate surface area is 321 Å². The first-order chi connectivity index (χ1) is 26.5. The second-order valence-electron chi connectivity index (χ2n) is 15.0. The van der Waals surface area contributed by atoms with Crippen LogP contribution in [0.2, 0.25) is 0 Å². The first-order valence-corrected chi connectivity index (χ1v) is 20.6. The molecule has 0 N–H and O–H groups in total. The minimum Gasteiger partial charge on any atom is -0.365 e. The summed E-state index contributed by atoms with van der Waals surface area (Å²) in [5, 5.41) is 15.4. The summed E-state index contributed by atoms with van der Waals surface area (Å²) in [7, 11) is -0.400. The first kappa shape index (κ1) is 36.4. The summed E-state index contributed by atoms with van der Waals surface area (Å²) in [6.07, 6.45) is 4.47. The highest BCUT2D eigenvalue weighted by Crippen LogP contribution is 2.49. The van der Waals surface area contributed by atoms with Crippen LogP contribution in [0.3, 0.4) is 0 Å². The zero-order valence-electron chi connectivity index (χ0n) is 31.4. The summed E-state index contributed by atoms with van der Waals surface area (Å²) in [4.78, 5) is 28.0. The van der Waals surface area contributed by atoms with E-state index in [1.54, 1.807) is 20.2 Å². The van der Waals surface area contributed by atoms with Crippen LogP contribution in [0.4, 0.5) is 11.5 Å². The maximum absolute atomic E-state index is 13.2. The lowest BCUT2D eigenvalue weighted by Crippen LogP contribution is -2.42. The molecule has 282 valence electrons. The van der Waals surface area contributed by atoms with E-state index in [0.29, 0.717) is 74.8 Å². The van der Waals surface area contributed by atoms with E-state index in [0.717, 1.165) is 58.3 Å². The predicted octanol–water partition coefficient (Wildman–Crippen LogP) is 5.57. The lowest BCUT2D eigenvalue weighted by Gasteiger charge is -2.44. The molecule has 2 aromatic heterocycles. The third-order valence-corrected chi connectivity index (χ3v) is 11.7. The lowest BCUT2D eigenvalue weighted by atomic mass is 9.72. The van der Waals surface area contributed by atoms with E-state index < -0.39 is 15.4 Å². The number of aryl methyl sites for hydroxylation is 2. The number of amides is 1. The molecular formula is C42H44N8O4S. The van der Waals surface area contributed by atoms with Gasteiger partial charge in [-0.05, 0) is 54.5 Å². The Kier molecular flexibility index (Phi) is 9.65. The SMILES string of the molecule is CN(C)C(=O)c1cc2n(n1)CCCN(c1nc(S(C)(=O)=O)nc3c1COC1(CCCc4ccc(N(Cc5ccccc5)Cc5ccccc5)c(C#N)c41)C3)C2. The summed E-state index contributed by atoms with van der Waals surface area (Å²) in [5.41, 5.74) is 7.29. The Bertz CT molecular complexity index is 2370. The monoisotopic (exact) mass is 756 g/mol. The Hall–Kier alpha value is -5.58. The molecule has 0 saturated heterocycles. The zero-order valence-corrected chi connectivity index (χ0v) is 32.2. The summed E-state index contributed by atoms with van der Waals surface area (Å²) in [5.74, 6) is 0.332. The molecule has 4 heterocycles. The number of benzene rings is 3. The molecule has 55 heavy (non-hydrogen) atoms. The number of fused-ring (bicyclic) bond motifs is 4. The lowest BCUT2D eigenvalue weighted by molar-refractivity contribution is -0.0857. The molecule has 1 atom stereocenters. The van der Waals surface area contributed by atoms with Gasteiger partial charge in [-0.1, -0.05) is 66.7 Å². The molecule has 8 rings (SSSR count). The number of carbonyl (C=O) groups excluding carboxylic acids is 1. The van der Waals surface area contributed by atoms with E-state index in [9.17, 15) is 18.5 Å². The zero-order chi connectivity index (χ0) is 38.3. The normalized spacial score (nSPS) is 17.7. The number of rotatable bonds is 8. The van der Waals surface area contributed by atoms with Gasteiger partial charge in [0, 0.05) is 64.1 Å². The Balaban J connectivity index is 1.20. The molecule has 1 amide bonds. The van der Waals surface area contributed by atoms with E-state index in [4.69, 9.17) is 9.72 Å². The van der Waals surface area contributed by atoms with Crippen LogP contribution in [0.1, 0.15) is 74.5 Å². The minimum atomic E-state index is -3.79. The molecule has 3 aliphatic rings. The van der Waals surface area contributed by atoms with Crippen molar-refractivity contribution in [1.82, 2.24) is 24.6 Å². The molecule has 1 aliphatic carbocycles. The molecular weight excluding hydrogens is 713 g/mol. The smallest absolute Gasteiger partial charge is 0.273 e. The number of carbonyl (C=O) groups is 1. The number of anilines is 2. The van der Waals surface area contributed by atoms with E-state index in [2.05, 4.69) is 62.3 Å². The van der Waals surface area contributed by atoms with Gasteiger partial charge in [-0.3, -0.25) is 9.48 Å². The number of ether oxygens (including phenoxy) is 1. The molecule has 5 aromatic rings. The molecule has 2 aliphatic heterocycles. The Morgan fingerprint density at radius 2 is 1.67 bits per heavy atom. The summed E-state index contributed by atoms with van der Waals surface area (Å²) in [6, 6.07) is 29.1. The molecule has 0 bridgehead atoms. The molecule has 1 spiro atoms. The fraction of sp³-hybridized carbons (Fsp3) is 0.357. The van der Waals surface area contributed by atoms with Gasteiger partial charge < -0.3 is 19.4 Å². The largest absolute Gasteiger partial charge is 0.365 e. The van der Waals surface area contributed by atoms with Gasteiger partial charge in [-0.15, -0.1) is 0 Å². The van der Waals surface area contributed by atoms with Crippen LogP contribution in [0, 0.1) is 11.3 Å². The Morgan fingerprint density at radius 3 is 2.33 bits per heavy atom. The summed E-state index contributed by atoms with van der Waals surface area (Å²) < 4.78 is 35.2. The maximum atomic E-state index is 13.2. The van der Waals surface area contributed by atoms with Gasteiger partial charge in [0.2, 0.25) is 15.0 Å². The number of hydrogen-bond acceptors (Lipinski definition) is 10. The van der Waals surface area contributed by atoms with Gasteiger partial charge in [-0.25, -0.2) is 18.4 Å². The predicted molar refractivity (Wildman–Crippen MR) is 208 cm³/mol. The van der Waals surface area contributed by atoms with Crippen molar-refractivity contribution >= 4 is 27.2 Å². The van der Waals surface area contributed by atoms with E-state index in [1.807, 2.05) is 41.1 Å². The van der Waals surface area contributed by atoms with Crippen molar-refractivity contribution in [1.29, 1.82) is 5.26 Å². The van der Waals surface area contributed by atoms with E-state index in [1.165, 1.54) is 4.90 Å². The average molecular weight is 757 g/mol. The molecule has 12 nitrogen and oxygen atoms in total. The van der Waals surface area contributed by atoms with Crippen LogP contribution in [-0.2, 0) is 65.8 Å². The first-order valence-electron chi connectivity index (χ1n) is 18.7. The number of hydrogen-bond donors (Lipinski definition) is 0. The second-order valence-corrected chi connectivity index (χ2v) is 16.9.